The number of carbonyl (C=O) groups excluding carboxylic acids is 1. The van der Waals surface area contributed by atoms with Gasteiger partial charge in [-0.05, 0) is 44.2 Å². The third-order valence-corrected chi connectivity index (χ3v) is 4.00. The van der Waals surface area contributed by atoms with Crippen molar-refractivity contribution in [3.8, 4) is 5.75 Å². The van der Waals surface area contributed by atoms with Crippen molar-refractivity contribution >= 4 is 11.9 Å². The zero-order chi connectivity index (χ0) is 15.9. The van der Waals surface area contributed by atoms with Gasteiger partial charge in [-0.15, -0.1) is 0 Å². The van der Waals surface area contributed by atoms with E-state index in [2.05, 4.69) is 0 Å². The van der Waals surface area contributed by atoms with E-state index in [1.54, 1.807) is 6.92 Å². The number of rotatable bonds is 6. The Morgan fingerprint density at radius 3 is 2.77 bits per heavy atom. The molecule has 1 fully saturated rings. The van der Waals surface area contributed by atoms with Gasteiger partial charge in [0.2, 0.25) is 0 Å². The molecule has 1 aliphatic heterocycles. The highest BCUT2D eigenvalue weighted by molar-refractivity contribution is 5.81. The van der Waals surface area contributed by atoms with Gasteiger partial charge in [-0.3, -0.25) is 9.59 Å². The lowest BCUT2D eigenvalue weighted by Crippen LogP contribution is -2.45. The molecule has 0 radical (unpaired) electrons. The highest BCUT2D eigenvalue weighted by Gasteiger charge is 2.27. The molecule has 1 N–H and O–H groups in total. The molecule has 0 bridgehead atoms. The molecule has 22 heavy (non-hydrogen) atoms. The SMILES string of the molecule is C[C@@H](Oc1ccccc1)C(=O)N1CCC[C@H](CCC(=O)O)C1. The van der Waals surface area contributed by atoms with Crippen LogP contribution in [0, 0.1) is 5.92 Å². The van der Waals surface area contributed by atoms with Crippen LogP contribution in [0.2, 0.25) is 0 Å². The van der Waals surface area contributed by atoms with Crippen molar-refractivity contribution < 1.29 is 19.4 Å². The number of para-hydroxylation sites is 1. The second-order valence-electron chi connectivity index (χ2n) is 5.80. The summed E-state index contributed by atoms with van der Waals surface area (Å²) in [5.41, 5.74) is 0. The van der Waals surface area contributed by atoms with Gasteiger partial charge in [0.05, 0.1) is 0 Å². The molecular weight excluding hydrogens is 282 g/mol. The summed E-state index contributed by atoms with van der Waals surface area (Å²) in [6.07, 6.45) is 2.19. The quantitative estimate of drug-likeness (QED) is 0.877. The molecule has 0 aromatic heterocycles. The maximum Gasteiger partial charge on any atom is 0.303 e. The van der Waals surface area contributed by atoms with E-state index >= 15 is 0 Å². The number of hydrogen-bond acceptors (Lipinski definition) is 3. The number of carbonyl (C=O) groups is 2. The molecule has 5 heteroatoms. The van der Waals surface area contributed by atoms with Crippen molar-refractivity contribution in [3.63, 3.8) is 0 Å². The molecule has 120 valence electrons. The van der Waals surface area contributed by atoms with Gasteiger partial charge >= 0.3 is 5.97 Å². The number of piperidine rings is 1. The van der Waals surface area contributed by atoms with E-state index in [9.17, 15) is 9.59 Å². The summed E-state index contributed by atoms with van der Waals surface area (Å²) in [6, 6.07) is 9.30. The third-order valence-electron chi connectivity index (χ3n) is 4.00. The van der Waals surface area contributed by atoms with E-state index in [-0.39, 0.29) is 18.2 Å². The molecule has 1 aliphatic rings. The summed E-state index contributed by atoms with van der Waals surface area (Å²) in [7, 11) is 0. The predicted molar refractivity (Wildman–Crippen MR) is 82.7 cm³/mol. The van der Waals surface area contributed by atoms with Crippen molar-refractivity contribution in [2.24, 2.45) is 5.92 Å². The van der Waals surface area contributed by atoms with Gasteiger partial charge < -0.3 is 14.7 Å². The molecule has 0 spiro atoms. The van der Waals surface area contributed by atoms with Crippen molar-refractivity contribution in [1.29, 1.82) is 0 Å². The molecule has 2 rings (SSSR count). The van der Waals surface area contributed by atoms with Crippen molar-refractivity contribution in [2.75, 3.05) is 13.1 Å². The summed E-state index contributed by atoms with van der Waals surface area (Å²) in [5, 5.41) is 8.77. The van der Waals surface area contributed by atoms with Gasteiger partial charge in [0.15, 0.2) is 6.10 Å². The normalized spacial score (nSPS) is 19.5. The lowest BCUT2D eigenvalue weighted by molar-refractivity contribution is -0.140. The fourth-order valence-corrected chi connectivity index (χ4v) is 2.84. The Balaban J connectivity index is 1.86. The van der Waals surface area contributed by atoms with Crippen LogP contribution in [0.4, 0.5) is 0 Å². The molecule has 1 amide bonds. The Kier molecular flexibility index (Phi) is 5.81. The fraction of sp³-hybridized carbons (Fsp3) is 0.529. The number of aliphatic carboxylic acids is 1. The molecule has 1 aromatic rings. The average molecular weight is 305 g/mol. The van der Waals surface area contributed by atoms with Crippen LogP contribution in [-0.4, -0.2) is 41.1 Å². The standard InChI is InChI=1S/C17H23NO4/c1-13(22-15-7-3-2-4-8-15)17(21)18-11-5-6-14(12-18)9-10-16(19)20/h2-4,7-8,13-14H,5-6,9-12H2,1H3,(H,19,20)/t13-,14-/m1/s1. The summed E-state index contributed by atoms with van der Waals surface area (Å²) >= 11 is 0. The average Bonchev–Trinajstić information content (AvgIpc) is 2.53. The summed E-state index contributed by atoms with van der Waals surface area (Å²) in [4.78, 5) is 24.9. The number of hydrogen-bond donors (Lipinski definition) is 1. The molecular formula is C17H23NO4. The maximum atomic E-state index is 12.5. The number of nitrogens with zero attached hydrogens (tertiary/aromatic N) is 1. The zero-order valence-corrected chi connectivity index (χ0v) is 12.9. The Morgan fingerprint density at radius 2 is 2.09 bits per heavy atom. The van der Waals surface area contributed by atoms with Crippen LogP contribution in [0.1, 0.15) is 32.6 Å². The van der Waals surface area contributed by atoms with E-state index in [1.165, 1.54) is 0 Å². The van der Waals surface area contributed by atoms with E-state index in [1.807, 2.05) is 35.2 Å². The Morgan fingerprint density at radius 1 is 1.36 bits per heavy atom. The summed E-state index contributed by atoms with van der Waals surface area (Å²) < 4.78 is 5.68. The Hall–Kier alpha value is -2.04. The van der Waals surface area contributed by atoms with Gasteiger partial charge in [-0.2, -0.15) is 0 Å². The Bertz CT molecular complexity index is 503. The molecule has 1 saturated heterocycles. The number of likely N-dealkylation sites (tertiary alicyclic amines) is 1. The smallest absolute Gasteiger partial charge is 0.303 e. The van der Waals surface area contributed by atoms with Crippen LogP contribution >= 0.6 is 0 Å². The highest BCUT2D eigenvalue weighted by Crippen LogP contribution is 2.22. The minimum absolute atomic E-state index is 0.0242. The number of carboxylic acids is 1. The minimum Gasteiger partial charge on any atom is -0.481 e. The third kappa shape index (κ3) is 4.76. The van der Waals surface area contributed by atoms with Crippen molar-refractivity contribution in [1.82, 2.24) is 4.90 Å². The van der Waals surface area contributed by atoms with Gasteiger partial charge in [-0.25, -0.2) is 0 Å². The first-order chi connectivity index (χ1) is 10.6. The maximum absolute atomic E-state index is 12.5. The zero-order valence-electron chi connectivity index (χ0n) is 12.9. The minimum atomic E-state index is -0.774. The first kappa shape index (κ1) is 16.3. The monoisotopic (exact) mass is 305 g/mol. The largest absolute Gasteiger partial charge is 0.481 e. The van der Waals surface area contributed by atoms with E-state index < -0.39 is 12.1 Å². The molecule has 1 heterocycles. The molecule has 1 aromatic carbocycles. The van der Waals surface area contributed by atoms with E-state index in [0.29, 0.717) is 18.7 Å². The highest BCUT2D eigenvalue weighted by atomic mass is 16.5. The van der Waals surface area contributed by atoms with Crippen LogP contribution in [0.3, 0.4) is 0 Å². The summed E-state index contributed by atoms with van der Waals surface area (Å²) in [6.45, 7) is 3.12. The van der Waals surface area contributed by atoms with Crippen LogP contribution in [-0.2, 0) is 9.59 Å². The van der Waals surface area contributed by atoms with E-state index in [4.69, 9.17) is 9.84 Å². The number of carboxylic acid groups (broad SMARTS) is 1. The lowest BCUT2D eigenvalue weighted by atomic mass is 9.93. The van der Waals surface area contributed by atoms with Gasteiger partial charge in [0, 0.05) is 19.5 Å². The molecule has 0 aliphatic carbocycles. The topological polar surface area (TPSA) is 66.8 Å². The van der Waals surface area contributed by atoms with E-state index in [0.717, 1.165) is 19.4 Å². The van der Waals surface area contributed by atoms with Gasteiger partial charge in [-0.1, -0.05) is 18.2 Å². The second-order valence-corrected chi connectivity index (χ2v) is 5.80. The first-order valence-electron chi connectivity index (χ1n) is 7.78. The molecule has 0 unspecified atom stereocenters. The molecule has 0 saturated carbocycles. The second kappa shape index (κ2) is 7.82. The molecule has 5 nitrogen and oxygen atoms in total. The fourth-order valence-electron chi connectivity index (χ4n) is 2.84. The van der Waals surface area contributed by atoms with Crippen LogP contribution in [0.15, 0.2) is 30.3 Å². The summed E-state index contributed by atoms with van der Waals surface area (Å²) in [5.74, 6) is 0.161. The predicted octanol–water partition coefficient (Wildman–Crippen LogP) is 2.56. The van der Waals surface area contributed by atoms with Crippen molar-refractivity contribution in [3.05, 3.63) is 30.3 Å². The van der Waals surface area contributed by atoms with Crippen LogP contribution in [0.5, 0.6) is 5.75 Å². The number of ether oxygens (including phenoxy) is 1. The van der Waals surface area contributed by atoms with Gasteiger partial charge in [0.25, 0.3) is 5.91 Å². The number of amides is 1. The van der Waals surface area contributed by atoms with Crippen LogP contribution in [0.25, 0.3) is 0 Å². The molecule has 2 atom stereocenters. The Labute approximate surface area is 130 Å². The first-order valence-corrected chi connectivity index (χ1v) is 7.78. The number of benzene rings is 1. The lowest BCUT2D eigenvalue weighted by Gasteiger charge is -2.34. The van der Waals surface area contributed by atoms with Crippen molar-refractivity contribution in [2.45, 2.75) is 38.7 Å². The van der Waals surface area contributed by atoms with Gasteiger partial charge in [0.1, 0.15) is 5.75 Å². The van der Waals surface area contributed by atoms with Crippen LogP contribution < -0.4 is 4.74 Å².